The monoisotopic (exact) mass is 324 g/mol. The smallest absolute Gasteiger partial charge is 0.272 e. The van der Waals surface area contributed by atoms with Crippen molar-refractivity contribution in [2.24, 2.45) is 0 Å². The molecule has 2 heterocycles. The minimum Gasteiger partial charge on any atom is -0.362 e. The summed E-state index contributed by atoms with van der Waals surface area (Å²) in [6.07, 6.45) is 0. The molecule has 2 aliphatic rings. The number of carbonyl (C=O) groups excluding carboxylic acids is 1. The average molecular weight is 324 g/mol. The molecule has 1 atom stereocenters. The molecule has 0 spiro atoms. The van der Waals surface area contributed by atoms with Crippen molar-refractivity contribution in [1.82, 2.24) is 4.90 Å². The van der Waals surface area contributed by atoms with Gasteiger partial charge in [0, 0.05) is 18.0 Å². The SMILES string of the molecule is CCN1C(=O)/C(=S2\CN(CC)c3ccccc32)SC1=S. The third-order valence-corrected chi connectivity index (χ3v) is 7.65. The van der Waals surface area contributed by atoms with Gasteiger partial charge in [0.15, 0.2) is 0 Å². The maximum Gasteiger partial charge on any atom is 0.272 e. The zero-order valence-corrected chi connectivity index (χ0v) is 13.9. The number of amides is 1. The van der Waals surface area contributed by atoms with E-state index in [1.54, 1.807) is 4.90 Å². The molecule has 3 rings (SSSR count). The lowest BCUT2D eigenvalue weighted by Crippen LogP contribution is -2.29. The molecule has 106 valence electrons. The average Bonchev–Trinajstić information content (AvgIpc) is 2.96. The molecule has 0 N–H and O–H groups in total. The van der Waals surface area contributed by atoms with Gasteiger partial charge < -0.3 is 4.90 Å². The third-order valence-electron chi connectivity index (χ3n) is 3.50. The van der Waals surface area contributed by atoms with E-state index in [-0.39, 0.29) is 16.4 Å². The Labute approximate surface area is 131 Å². The van der Waals surface area contributed by atoms with E-state index in [9.17, 15) is 4.79 Å². The molecule has 0 saturated carbocycles. The highest BCUT2D eigenvalue weighted by atomic mass is 32.2. The number of anilines is 1. The maximum absolute atomic E-state index is 12.5. The summed E-state index contributed by atoms with van der Waals surface area (Å²) < 4.78 is 1.62. The van der Waals surface area contributed by atoms with Crippen LogP contribution in [0.4, 0.5) is 5.69 Å². The Morgan fingerprint density at radius 2 is 2.05 bits per heavy atom. The second-order valence-electron chi connectivity index (χ2n) is 4.55. The van der Waals surface area contributed by atoms with E-state index in [2.05, 4.69) is 36.1 Å². The molecule has 1 aromatic carbocycles. The van der Waals surface area contributed by atoms with E-state index in [1.165, 1.54) is 22.3 Å². The van der Waals surface area contributed by atoms with Gasteiger partial charge in [-0.3, -0.25) is 9.69 Å². The number of carbonyl (C=O) groups is 1. The number of hydrogen-bond acceptors (Lipinski definition) is 4. The Bertz CT molecular complexity index is 627. The molecule has 1 aromatic rings. The van der Waals surface area contributed by atoms with E-state index in [1.807, 2.05) is 6.92 Å². The fraction of sp³-hybridized carbons (Fsp3) is 0.357. The summed E-state index contributed by atoms with van der Waals surface area (Å²) in [7, 11) is -0.154. The minimum atomic E-state index is -0.154. The van der Waals surface area contributed by atoms with Gasteiger partial charge in [-0.1, -0.05) is 24.4 Å². The second kappa shape index (κ2) is 5.50. The highest BCUT2D eigenvalue weighted by Crippen LogP contribution is 2.47. The van der Waals surface area contributed by atoms with Crippen LogP contribution in [0, 0.1) is 0 Å². The molecule has 1 saturated heterocycles. The van der Waals surface area contributed by atoms with E-state index in [0.717, 1.165) is 16.6 Å². The lowest BCUT2D eigenvalue weighted by atomic mass is 10.3. The Morgan fingerprint density at radius 3 is 2.70 bits per heavy atom. The molecule has 0 bridgehead atoms. The number of thioether (sulfide) groups is 1. The van der Waals surface area contributed by atoms with Gasteiger partial charge >= 0.3 is 0 Å². The first kappa shape index (κ1) is 14.1. The number of hydrogen-bond donors (Lipinski definition) is 0. The summed E-state index contributed by atoms with van der Waals surface area (Å²) in [6.45, 7) is 5.75. The van der Waals surface area contributed by atoms with Crippen molar-refractivity contribution in [2.45, 2.75) is 18.7 Å². The van der Waals surface area contributed by atoms with Crippen molar-refractivity contribution >= 4 is 54.6 Å². The summed E-state index contributed by atoms with van der Waals surface area (Å²) in [4.78, 5) is 17.8. The predicted octanol–water partition coefficient (Wildman–Crippen LogP) is 3.12. The van der Waals surface area contributed by atoms with Crippen molar-refractivity contribution in [3.63, 3.8) is 0 Å². The van der Waals surface area contributed by atoms with Crippen LogP contribution in [0.3, 0.4) is 0 Å². The van der Waals surface area contributed by atoms with E-state index in [0.29, 0.717) is 10.9 Å². The molecule has 1 unspecified atom stereocenters. The van der Waals surface area contributed by atoms with Crippen LogP contribution in [-0.2, 0) is 4.79 Å². The highest BCUT2D eigenvalue weighted by molar-refractivity contribution is 8.45. The summed E-state index contributed by atoms with van der Waals surface area (Å²) >= 11 is 6.81. The number of para-hydroxylation sites is 1. The predicted molar refractivity (Wildman–Crippen MR) is 92.8 cm³/mol. The Kier molecular flexibility index (Phi) is 3.88. The lowest BCUT2D eigenvalue weighted by Gasteiger charge is -2.15. The molecule has 20 heavy (non-hydrogen) atoms. The number of thiocarbonyl (C=S) groups is 1. The van der Waals surface area contributed by atoms with Crippen LogP contribution in [0.2, 0.25) is 0 Å². The Morgan fingerprint density at radius 1 is 1.30 bits per heavy atom. The third kappa shape index (κ3) is 2.10. The van der Waals surface area contributed by atoms with Crippen LogP contribution in [0.25, 0.3) is 0 Å². The number of nitrogens with zero attached hydrogens (tertiary/aromatic N) is 2. The minimum absolute atomic E-state index is 0.110. The van der Waals surface area contributed by atoms with Gasteiger partial charge in [-0.05, 0) is 37.7 Å². The normalized spacial score (nSPS) is 23.7. The molecule has 0 radical (unpaired) electrons. The van der Waals surface area contributed by atoms with Gasteiger partial charge in [0.25, 0.3) is 5.91 Å². The largest absolute Gasteiger partial charge is 0.362 e. The quantitative estimate of drug-likeness (QED) is 0.780. The number of rotatable bonds is 2. The van der Waals surface area contributed by atoms with Crippen molar-refractivity contribution in [1.29, 1.82) is 0 Å². The molecule has 2 aliphatic heterocycles. The summed E-state index contributed by atoms with van der Waals surface area (Å²) in [5, 5.41) is 0. The first-order valence-corrected chi connectivity index (χ1v) is 9.24. The maximum atomic E-state index is 12.5. The Hall–Kier alpha value is -0.850. The molecule has 1 fully saturated rings. The van der Waals surface area contributed by atoms with Crippen LogP contribution in [0.1, 0.15) is 13.8 Å². The Balaban J connectivity index is 2.10. The van der Waals surface area contributed by atoms with Crippen LogP contribution in [0.5, 0.6) is 0 Å². The standard InChI is InChI=1S/C14H16N2OS3/c1-3-15-9-20(11-8-6-5-7-10(11)15)13-12(17)16(4-2)14(18)19-13/h5-8H,3-4,9H2,1-2H3. The molecule has 6 heteroatoms. The van der Waals surface area contributed by atoms with E-state index in [4.69, 9.17) is 12.2 Å². The van der Waals surface area contributed by atoms with Gasteiger partial charge in [-0.2, -0.15) is 0 Å². The summed E-state index contributed by atoms with van der Waals surface area (Å²) in [6, 6.07) is 8.41. The van der Waals surface area contributed by atoms with Crippen molar-refractivity contribution in [3.8, 4) is 0 Å². The van der Waals surface area contributed by atoms with Gasteiger partial charge in [-0.25, -0.2) is 0 Å². The van der Waals surface area contributed by atoms with Crippen LogP contribution < -0.4 is 4.90 Å². The molecule has 0 aliphatic carbocycles. The molecular formula is C14H16N2OS3. The van der Waals surface area contributed by atoms with Gasteiger partial charge in [0.05, 0.1) is 11.6 Å². The fourth-order valence-electron chi connectivity index (χ4n) is 2.44. The molecule has 1 amide bonds. The number of fused-ring (bicyclic) bond motifs is 1. The van der Waals surface area contributed by atoms with Crippen LogP contribution >= 0.6 is 34.5 Å². The van der Waals surface area contributed by atoms with Gasteiger partial charge in [0.1, 0.15) is 8.52 Å². The van der Waals surface area contributed by atoms with Gasteiger partial charge in [-0.15, -0.1) is 10.5 Å². The second-order valence-corrected chi connectivity index (χ2v) is 8.34. The van der Waals surface area contributed by atoms with E-state index < -0.39 is 0 Å². The topological polar surface area (TPSA) is 23.6 Å². The number of benzene rings is 1. The van der Waals surface area contributed by atoms with Crippen molar-refractivity contribution in [2.75, 3.05) is 23.9 Å². The fourth-order valence-corrected chi connectivity index (χ4v) is 6.91. The first-order valence-electron chi connectivity index (χ1n) is 6.62. The van der Waals surface area contributed by atoms with E-state index >= 15 is 0 Å². The summed E-state index contributed by atoms with van der Waals surface area (Å²) in [5.74, 6) is 1.02. The van der Waals surface area contributed by atoms with Crippen LogP contribution in [0.15, 0.2) is 29.2 Å². The first-order chi connectivity index (χ1) is 9.67. The molecule has 3 nitrogen and oxygen atoms in total. The lowest BCUT2D eigenvalue weighted by molar-refractivity contribution is -0.119. The van der Waals surface area contributed by atoms with Crippen molar-refractivity contribution in [3.05, 3.63) is 24.3 Å². The zero-order chi connectivity index (χ0) is 14.3. The van der Waals surface area contributed by atoms with Gasteiger partial charge in [0.2, 0.25) is 0 Å². The van der Waals surface area contributed by atoms with Crippen molar-refractivity contribution < 1.29 is 4.79 Å². The molecular weight excluding hydrogens is 308 g/mol. The highest BCUT2D eigenvalue weighted by Gasteiger charge is 2.36. The molecule has 0 aromatic heterocycles. The van der Waals surface area contributed by atoms with Crippen LogP contribution in [-0.4, -0.2) is 38.3 Å². The zero-order valence-electron chi connectivity index (χ0n) is 11.5. The summed E-state index contributed by atoms with van der Waals surface area (Å²) in [5.41, 5.74) is 1.26.